The van der Waals surface area contributed by atoms with Crippen LogP contribution in [-0.2, 0) is 0 Å². The summed E-state index contributed by atoms with van der Waals surface area (Å²) in [7, 11) is 0. The quantitative estimate of drug-likeness (QED) is 0.167. The van der Waals surface area contributed by atoms with Crippen molar-refractivity contribution in [3.8, 4) is 33.6 Å². The Morgan fingerprint density at radius 3 is 1.34 bits per heavy atom. The summed E-state index contributed by atoms with van der Waals surface area (Å²) in [6.45, 7) is -0.0000285. The maximum absolute atomic E-state index is 2.62. The van der Waals surface area contributed by atoms with Crippen LogP contribution in [0.4, 0.5) is 28.4 Å². The molecule has 0 radical (unpaired) electrons. The van der Waals surface area contributed by atoms with Gasteiger partial charge in [-0.3, -0.25) is 0 Å². The topological polar surface area (TPSA) is 16.3 Å². The third-order valence-corrected chi connectivity index (χ3v) is 13.2. The second-order valence-electron chi connectivity index (χ2n) is 16.1. The summed E-state index contributed by atoms with van der Waals surface area (Å²) in [6.07, 6.45) is 0. The van der Waals surface area contributed by atoms with Gasteiger partial charge in [-0.05, 0) is 94.8 Å². The van der Waals surface area contributed by atoms with Gasteiger partial charge in [0.1, 0.15) is 0 Å². The van der Waals surface area contributed by atoms with Crippen LogP contribution in [0, 0.1) is 0 Å². The van der Waals surface area contributed by atoms with Gasteiger partial charge >= 0.3 is 6.85 Å². The summed E-state index contributed by atoms with van der Waals surface area (Å²) in [5.41, 5.74) is 20.9. The minimum atomic E-state index is -0.0000285. The highest BCUT2D eigenvalue weighted by atomic mass is 15.2. The van der Waals surface area contributed by atoms with E-state index in [0.29, 0.717) is 0 Å². The van der Waals surface area contributed by atoms with E-state index >= 15 is 0 Å². The Labute approximate surface area is 341 Å². The number of fused-ring (bicyclic) bond motifs is 12. The van der Waals surface area contributed by atoms with Gasteiger partial charge in [0.25, 0.3) is 0 Å². The molecule has 5 heteroatoms. The molecule has 0 N–H and O–H groups in total. The third-order valence-electron chi connectivity index (χ3n) is 13.2. The Kier molecular flexibility index (Phi) is 6.07. The predicted molar refractivity (Wildman–Crippen MR) is 248 cm³/mol. The van der Waals surface area contributed by atoms with Gasteiger partial charge in [-0.2, -0.15) is 0 Å². The summed E-state index contributed by atoms with van der Waals surface area (Å²) in [5, 5.41) is 5.04. The summed E-state index contributed by atoms with van der Waals surface area (Å²) in [6, 6.07) is 74.3. The molecule has 0 aliphatic carbocycles. The van der Waals surface area contributed by atoms with Crippen molar-refractivity contribution in [2.45, 2.75) is 0 Å². The lowest BCUT2D eigenvalue weighted by Gasteiger charge is -2.49. The van der Waals surface area contributed by atoms with Gasteiger partial charge in [0.15, 0.2) is 0 Å². The molecule has 0 fully saturated rings. The zero-order valence-corrected chi connectivity index (χ0v) is 31.9. The third kappa shape index (κ3) is 4.04. The number of nitrogens with zero attached hydrogens (tertiary/aromatic N) is 4. The monoisotopic (exact) mass is 748 g/mol. The van der Waals surface area contributed by atoms with E-state index in [1.807, 2.05) is 0 Å². The molecule has 0 atom stereocenters. The second-order valence-corrected chi connectivity index (χ2v) is 16.1. The molecule has 4 nitrogen and oxygen atoms in total. The number of para-hydroxylation sites is 6. The maximum atomic E-state index is 2.62. The smallest absolute Gasteiger partial charge is 0.333 e. The molecule has 0 amide bonds. The molecule has 59 heavy (non-hydrogen) atoms. The molecule has 3 aliphatic rings. The van der Waals surface area contributed by atoms with E-state index in [-0.39, 0.29) is 6.85 Å². The summed E-state index contributed by atoms with van der Waals surface area (Å²) >= 11 is 0. The average Bonchev–Trinajstić information content (AvgIpc) is 3.82. The lowest BCUT2D eigenvalue weighted by atomic mass is 9.41. The van der Waals surface area contributed by atoms with Crippen molar-refractivity contribution in [1.82, 2.24) is 9.13 Å². The minimum Gasteiger partial charge on any atom is -0.376 e. The summed E-state index contributed by atoms with van der Waals surface area (Å²) in [4.78, 5) is 5.18. The molecular weight excluding hydrogens is 715 g/mol. The largest absolute Gasteiger partial charge is 0.376 e. The molecule has 2 aromatic heterocycles. The molecule has 272 valence electrons. The predicted octanol–water partition coefficient (Wildman–Crippen LogP) is 12.6. The van der Waals surface area contributed by atoms with Gasteiger partial charge < -0.3 is 18.8 Å². The van der Waals surface area contributed by atoms with Crippen LogP contribution < -0.4 is 20.6 Å². The van der Waals surface area contributed by atoms with E-state index in [4.69, 9.17) is 0 Å². The second kappa shape index (κ2) is 11.4. The molecule has 0 spiro atoms. The highest BCUT2D eigenvalue weighted by Gasteiger charge is 2.49. The molecule has 11 aromatic rings. The minimum absolute atomic E-state index is 0.0000285. The van der Waals surface area contributed by atoms with Crippen molar-refractivity contribution < 1.29 is 0 Å². The first-order valence-corrected chi connectivity index (χ1v) is 20.5. The molecule has 3 aliphatic heterocycles. The number of aromatic nitrogens is 2. The van der Waals surface area contributed by atoms with Gasteiger partial charge in [-0.1, -0.05) is 127 Å². The van der Waals surface area contributed by atoms with E-state index in [0.717, 1.165) is 17.1 Å². The van der Waals surface area contributed by atoms with Gasteiger partial charge in [0.2, 0.25) is 0 Å². The van der Waals surface area contributed by atoms with Gasteiger partial charge in [0.05, 0.1) is 22.1 Å². The van der Waals surface area contributed by atoms with Crippen molar-refractivity contribution in [1.29, 1.82) is 0 Å². The number of hydrogen-bond donors (Lipinski definition) is 0. The summed E-state index contributed by atoms with van der Waals surface area (Å²) in [5.74, 6) is 0. The zero-order chi connectivity index (χ0) is 38.3. The Balaban J connectivity index is 1.11. The Morgan fingerprint density at radius 1 is 0.288 bits per heavy atom. The van der Waals surface area contributed by atoms with Crippen molar-refractivity contribution >= 4 is 89.8 Å². The zero-order valence-electron chi connectivity index (χ0n) is 31.9. The maximum Gasteiger partial charge on any atom is 0.333 e. The van der Waals surface area contributed by atoms with Crippen LogP contribution in [0.3, 0.4) is 0 Å². The standard InChI is InChI=1S/C54H33BN4/c1-7-24-45-37(17-1)38-18-2-8-25-46(38)56(45)34-15-13-16-35(31-34)57-51-30-14-23-43-41-21-5-11-28-49(41)59-50-29-12-6-22-42(50)44-32-36(33-52(57)54(44)55(59)53(43)51)58-47-26-9-3-19-39(47)40-20-4-10-27-48(40)58/h1-33H. The number of hydrogen-bond acceptors (Lipinski definition) is 2. The van der Waals surface area contributed by atoms with Crippen LogP contribution in [0.5, 0.6) is 0 Å². The fraction of sp³-hybridized carbons (Fsp3) is 0. The molecule has 0 unspecified atom stereocenters. The van der Waals surface area contributed by atoms with E-state index in [9.17, 15) is 0 Å². The van der Waals surface area contributed by atoms with Crippen LogP contribution in [-0.4, -0.2) is 16.0 Å². The lowest BCUT2D eigenvalue weighted by Crippen LogP contribution is -2.63. The van der Waals surface area contributed by atoms with Gasteiger partial charge in [-0.15, -0.1) is 0 Å². The number of anilines is 5. The van der Waals surface area contributed by atoms with Crippen LogP contribution in [0.25, 0.3) is 77.2 Å². The molecule has 9 aromatic carbocycles. The van der Waals surface area contributed by atoms with Crippen molar-refractivity contribution in [2.24, 2.45) is 0 Å². The average molecular weight is 749 g/mol. The van der Waals surface area contributed by atoms with Crippen molar-refractivity contribution in [3.05, 3.63) is 200 Å². The molecule has 14 rings (SSSR count). The highest BCUT2D eigenvalue weighted by molar-refractivity contribution is 6.95. The fourth-order valence-corrected chi connectivity index (χ4v) is 10.9. The lowest BCUT2D eigenvalue weighted by molar-refractivity contribution is 1.16. The molecule has 5 heterocycles. The SMILES string of the molecule is c1cc(N2c3cccc4c3B3c5c(cc(-n6c7ccccc7c7ccccc76)cc52)-c2ccccc2N3c2ccccc2-4)cc(-n2c3ccccc3c3ccccc32)c1. The molecule has 0 bridgehead atoms. The normalized spacial score (nSPS) is 13.3. The van der Waals surface area contributed by atoms with E-state index in [1.165, 1.54) is 99.5 Å². The molecule has 0 saturated carbocycles. The highest BCUT2D eigenvalue weighted by Crippen LogP contribution is 2.52. The van der Waals surface area contributed by atoms with E-state index < -0.39 is 0 Å². The first-order chi connectivity index (χ1) is 29.3. The first-order valence-electron chi connectivity index (χ1n) is 20.5. The summed E-state index contributed by atoms with van der Waals surface area (Å²) < 4.78 is 4.91. The van der Waals surface area contributed by atoms with Gasteiger partial charge in [0, 0.05) is 72.5 Å². The van der Waals surface area contributed by atoms with E-state index in [2.05, 4.69) is 219 Å². The van der Waals surface area contributed by atoms with E-state index in [1.54, 1.807) is 0 Å². The van der Waals surface area contributed by atoms with Crippen molar-refractivity contribution in [2.75, 3.05) is 9.71 Å². The number of rotatable bonds is 3. The Bertz CT molecular complexity index is 3510. The number of benzene rings is 9. The molecule has 0 saturated heterocycles. The van der Waals surface area contributed by atoms with Crippen molar-refractivity contribution in [3.63, 3.8) is 0 Å². The first kappa shape index (κ1) is 31.3. The van der Waals surface area contributed by atoms with Crippen LogP contribution in [0.2, 0.25) is 0 Å². The van der Waals surface area contributed by atoms with Crippen LogP contribution in [0.1, 0.15) is 0 Å². The van der Waals surface area contributed by atoms with Crippen LogP contribution >= 0.6 is 0 Å². The van der Waals surface area contributed by atoms with Gasteiger partial charge in [-0.25, -0.2) is 0 Å². The Morgan fingerprint density at radius 2 is 0.729 bits per heavy atom. The van der Waals surface area contributed by atoms with Crippen LogP contribution in [0.15, 0.2) is 200 Å². The molecular formula is C54H33BN4. The fourth-order valence-electron chi connectivity index (χ4n) is 10.9. The Hall–Kier alpha value is -7.76.